The van der Waals surface area contributed by atoms with Crippen molar-refractivity contribution in [2.45, 2.75) is 31.3 Å². The summed E-state index contributed by atoms with van der Waals surface area (Å²) in [7, 11) is 0. The summed E-state index contributed by atoms with van der Waals surface area (Å²) < 4.78 is 5.71. The number of nitrogens with zero attached hydrogens (tertiary/aromatic N) is 3. The number of piperidine rings is 1. The van der Waals surface area contributed by atoms with Crippen LogP contribution >= 0.6 is 11.6 Å². The van der Waals surface area contributed by atoms with E-state index in [0.29, 0.717) is 23.2 Å². The van der Waals surface area contributed by atoms with E-state index in [1.807, 2.05) is 18.2 Å². The van der Waals surface area contributed by atoms with Gasteiger partial charge in [0.15, 0.2) is 11.6 Å². The lowest BCUT2D eigenvalue weighted by atomic mass is 9.73. The predicted octanol–water partition coefficient (Wildman–Crippen LogP) is 2.55. The number of likely N-dealkylation sites (tertiary alicyclic amines) is 1. The second-order valence-corrected chi connectivity index (χ2v) is 7.81. The Hall–Kier alpha value is -2.22. The van der Waals surface area contributed by atoms with Gasteiger partial charge in [0.05, 0.1) is 17.8 Å². The SMILES string of the molecule is C[C@H](O)c1ncc(OCCN2CCC3(CC2)C(=O)Nc2ccc(Cl)cc23)cn1. The number of benzene rings is 1. The van der Waals surface area contributed by atoms with Crippen LogP contribution in [-0.4, -0.2) is 52.1 Å². The zero-order valence-corrected chi connectivity index (χ0v) is 16.4. The lowest BCUT2D eigenvalue weighted by Gasteiger charge is -2.37. The molecule has 2 aliphatic rings. The van der Waals surface area contributed by atoms with Crippen molar-refractivity contribution in [2.24, 2.45) is 0 Å². The predicted molar refractivity (Wildman–Crippen MR) is 106 cm³/mol. The van der Waals surface area contributed by atoms with E-state index in [1.165, 1.54) is 0 Å². The zero-order valence-electron chi connectivity index (χ0n) is 15.7. The molecule has 148 valence electrons. The van der Waals surface area contributed by atoms with Gasteiger partial charge in [-0.1, -0.05) is 11.6 Å². The summed E-state index contributed by atoms with van der Waals surface area (Å²) in [6.45, 7) is 4.54. The first-order valence-corrected chi connectivity index (χ1v) is 9.82. The Morgan fingerprint density at radius 2 is 2.04 bits per heavy atom. The molecule has 1 fully saturated rings. The average Bonchev–Trinajstić information content (AvgIpc) is 2.95. The van der Waals surface area contributed by atoms with Gasteiger partial charge in [0.2, 0.25) is 5.91 Å². The van der Waals surface area contributed by atoms with Crippen LogP contribution in [-0.2, 0) is 10.2 Å². The Balaban J connectivity index is 1.31. The molecular weight excluding hydrogens is 380 g/mol. The van der Waals surface area contributed by atoms with E-state index in [1.54, 1.807) is 19.3 Å². The van der Waals surface area contributed by atoms with Gasteiger partial charge >= 0.3 is 0 Å². The second kappa shape index (κ2) is 7.66. The van der Waals surface area contributed by atoms with Gasteiger partial charge in [-0.15, -0.1) is 0 Å². The number of hydrogen-bond donors (Lipinski definition) is 2. The van der Waals surface area contributed by atoms with Crippen molar-refractivity contribution < 1.29 is 14.6 Å². The summed E-state index contributed by atoms with van der Waals surface area (Å²) in [4.78, 5) is 23.1. The van der Waals surface area contributed by atoms with Gasteiger partial charge in [0.1, 0.15) is 12.7 Å². The third kappa shape index (κ3) is 3.57. The van der Waals surface area contributed by atoms with Crippen molar-refractivity contribution in [3.05, 3.63) is 47.0 Å². The van der Waals surface area contributed by atoms with Crippen molar-refractivity contribution in [1.29, 1.82) is 0 Å². The lowest BCUT2D eigenvalue weighted by molar-refractivity contribution is -0.122. The minimum atomic E-state index is -0.692. The number of rotatable bonds is 5. The van der Waals surface area contributed by atoms with E-state index in [-0.39, 0.29) is 5.91 Å². The minimum Gasteiger partial charge on any atom is -0.489 e. The summed E-state index contributed by atoms with van der Waals surface area (Å²) in [5, 5.41) is 13.1. The van der Waals surface area contributed by atoms with E-state index >= 15 is 0 Å². The van der Waals surface area contributed by atoms with Crippen LogP contribution in [0.2, 0.25) is 5.02 Å². The highest BCUT2D eigenvalue weighted by atomic mass is 35.5. The molecule has 0 radical (unpaired) electrons. The van der Waals surface area contributed by atoms with Crippen molar-refractivity contribution >= 4 is 23.2 Å². The quantitative estimate of drug-likeness (QED) is 0.799. The molecule has 1 spiro atoms. The van der Waals surface area contributed by atoms with Crippen molar-refractivity contribution in [3.8, 4) is 5.75 Å². The smallest absolute Gasteiger partial charge is 0.235 e. The molecule has 1 atom stereocenters. The first kappa shape index (κ1) is 19.1. The number of halogens is 1. The maximum Gasteiger partial charge on any atom is 0.235 e. The van der Waals surface area contributed by atoms with Crippen LogP contribution in [0.15, 0.2) is 30.6 Å². The summed E-state index contributed by atoms with van der Waals surface area (Å²) in [5.74, 6) is 1.04. The average molecular weight is 403 g/mol. The fraction of sp³-hybridized carbons (Fsp3) is 0.450. The van der Waals surface area contributed by atoms with Crippen molar-refractivity contribution in [2.75, 3.05) is 31.6 Å². The van der Waals surface area contributed by atoms with Gasteiger partial charge in [0.25, 0.3) is 0 Å². The second-order valence-electron chi connectivity index (χ2n) is 7.37. The van der Waals surface area contributed by atoms with Gasteiger partial charge in [-0.2, -0.15) is 0 Å². The number of ether oxygens (including phenoxy) is 1. The maximum absolute atomic E-state index is 12.7. The molecule has 4 rings (SSSR count). The van der Waals surface area contributed by atoms with Gasteiger partial charge in [-0.05, 0) is 56.6 Å². The van der Waals surface area contributed by atoms with Gasteiger partial charge in [-0.25, -0.2) is 9.97 Å². The van der Waals surface area contributed by atoms with Gasteiger partial charge in [0, 0.05) is 17.3 Å². The number of hydrogen-bond acceptors (Lipinski definition) is 6. The molecule has 3 heterocycles. The third-order valence-corrected chi connectivity index (χ3v) is 5.82. The molecular formula is C20H23ClN4O3. The molecule has 2 aromatic rings. The number of fused-ring (bicyclic) bond motifs is 2. The molecule has 1 aromatic heterocycles. The minimum absolute atomic E-state index is 0.0796. The molecule has 1 amide bonds. The van der Waals surface area contributed by atoms with Gasteiger partial charge in [-0.3, -0.25) is 9.69 Å². The molecule has 1 saturated heterocycles. The Kier molecular flexibility index (Phi) is 5.23. The molecule has 7 nitrogen and oxygen atoms in total. The Labute approximate surface area is 168 Å². The number of anilines is 1. The van der Waals surface area contributed by atoms with Crippen LogP contribution in [0.5, 0.6) is 5.75 Å². The molecule has 2 N–H and O–H groups in total. The van der Waals surface area contributed by atoms with Crippen molar-refractivity contribution in [3.63, 3.8) is 0 Å². The van der Waals surface area contributed by atoms with E-state index in [9.17, 15) is 9.90 Å². The van der Waals surface area contributed by atoms with E-state index in [4.69, 9.17) is 16.3 Å². The number of carbonyl (C=O) groups is 1. The fourth-order valence-electron chi connectivity index (χ4n) is 3.95. The van der Waals surface area contributed by atoms with Crippen LogP contribution in [0.1, 0.15) is 37.3 Å². The Morgan fingerprint density at radius 3 is 2.71 bits per heavy atom. The number of aliphatic hydroxyl groups is 1. The topological polar surface area (TPSA) is 87.6 Å². The summed E-state index contributed by atoms with van der Waals surface area (Å²) in [6.07, 6.45) is 3.98. The normalized spacial score (nSPS) is 19.3. The highest BCUT2D eigenvalue weighted by Gasteiger charge is 2.48. The van der Waals surface area contributed by atoms with E-state index in [0.717, 1.165) is 43.7 Å². The number of nitrogens with one attached hydrogen (secondary N) is 1. The third-order valence-electron chi connectivity index (χ3n) is 5.59. The zero-order chi connectivity index (χ0) is 19.7. The highest BCUT2D eigenvalue weighted by molar-refractivity contribution is 6.31. The summed E-state index contributed by atoms with van der Waals surface area (Å²) in [6, 6.07) is 5.61. The molecule has 28 heavy (non-hydrogen) atoms. The lowest BCUT2D eigenvalue weighted by Crippen LogP contribution is -2.47. The van der Waals surface area contributed by atoms with Crippen LogP contribution in [0.4, 0.5) is 5.69 Å². The van der Waals surface area contributed by atoms with Crippen LogP contribution in [0.3, 0.4) is 0 Å². The van der Waals surface area contributed by atoms with Crippen LogP contribution in [0.25, 0.3) is 0 Å². The number of aliphatic hydroxyl groups excluding tert-OH is 1. The fourth-order valence-corrected chi connectivity index (χ4v) is 4.12. The largest absolute Gasteiger partial charge is 0.489 e. The maximum atomic E-state index is 12.7. The van der Waals surface area contributed by atoms with Crippen molar-refractivity contribution in [1.82, 2.24) is 14.9 Å². The first-order valence-electron chi connectivity index (χ1n) is 9.44. The van der Waals surface area contributed by atoms with Crippen LogP contribution in [0, 0.1) is 0 Å². The number of amides is 1. The molecule has 1 aromatic carbocycles. The summed E-state index contributed by atoms with van der Waals surface area (Å²) in [5.41, 5.74) is 1.44. The molecule has 8 heteroatoms. The first-order chi connectivity index (χ1) is 13.5. The molecule has 0 bridgehead atoms. The Morgan fingerprint density at radius 1 is 1.32 bits per heavy atom. The van der Waals surface area contributed by atoms with E-state index < -0.39 is 11.5 Å². The number of aromatic nitrogens is 2. The highest BCUT2D eigenvalue weighted by Crippen LogP contribution is 2.45. The van der Waals surface area contributed by atoms with Gasteiger partial charge < -0.3 is 15.2 Å². The Bertz CT molecular complexity index is 864. The number of carbonyl (C=O) groups excluding carboxylic acids is 1. The molecule has 0 aliphatic carbocycles. The summed E-state index contributed by atoms with van der Waals surface area (Å²) >= 11 is 6.17. The molecule has 0 unspecified atom stereocenters. The molecule has 2 aliphatic heterocycles. The molecule has 0 saturated carbocycles. The van der Waals surface area contributed by atoms with E-state index in [2.05, 4.69) is 20.2 Å². The standard InChI is InChI=1S/C20H23ClN4O3/c1-13(26)18-22-11-15(12-23-18)28-9-8-25-6-4-20(5-7-25)16-10-14(21)2-3-17(16)24-19(20)27/h2-3,10-13,26H,4-9H2,1H3,(H,24,27)/t13-/m0/s1. The monoisotopic (exact) mass is 402 g/mol. The van der Waals surface area contributed by atoms with Crippen LogP contribution < -0.4 is 10.1 Å².